The van der Waals surface area contributed by atoms with Crippen LogP contribution in [-0.4, -0.2) is 35.5 Å². The lowest BCUT2D eigenvalue weighted by Crippen LogP contribution is -2.53. The van der Waals surface area contributed by atoms with E-state index in [1.165, 1.54) is 0 Å². The van der Waals surface area contributed by atoms with E-state index in [1.54, 1.807) is 6.92 Å². The molecule has 0 radical (unpaired) electrons. The van der Waals surface area contributed by atoms with E-state index >= 15 is 0 Å². The summed E-state index contributed by atoms with van der Waals surface area (Å²) in [6.07, 6.45) is -1.02. The minimum Gasteiger partial charge on any atom is -0.480 e. The molecule has 37 heavy (non-hydrogen) atoms. The zero-order chi connectivity index (χ0) is 26.0. The molecule has 1 atom stereocenters. The molecule has 188 valence electrons. The first-order chi connectivity index (χ1) is 17.9. The Kier molecular flexibility index (Phi) is 6.50. The van der Waals surface area contributed by atoms with Crippen molar-refractivity contribution in [3.63, 3.8) is 0 Å². The summed E-state index contributed by atoms with van der Waals surface area (Å²) in [5.41, 5.74) is 4.28. The fourth-order valence-corrected chi connectivity index (χ4v) is 4.31. The summed E-state index contributed by atoms with van der Waals surface area (Å²) >= 11 is 0. The van der Waals surface area contributed by atoms with Gasteiger partial charge in [0.05, 0.1) is 13.2 Å². The van der Waals surface area contributed by atoms with E-state index < -0.39 is 23.6 Å². The van der Waals surface area contributed by atoms with Gasteiger partial charge < -0.3 is 19.1 Å². The molecule has 1 aliphatic heterocycles. The fraction of sp³-hybridized carbons (Fsp3) is 0.207. The predicted molar refractivity (Wildman–Crippen MR) is 137 cm³/mol. The van der Waals surface area contributed by atoms with Crippen LogP contribution in [0.5, 0.6) is 0 Å². The van der Waals surface area contributed by atoms with Crippen molar-refractivity contribution >= 4 is 17.7 Å². The van der Waals surface area contributed by atoms with Crippen LogP contribution in [0.1, 0.15) is 29.8 Å². The van der Waals surface area contributed by atoms with Crippen LogP contribution in [0.4, 0.5) is 10.5 Å². The molecule has 1 aliphatic rings. The van der Waals surface area contributed by atoms with Crippen LogP contribution >= 0.6 is 0 Å². The Morgan fingerprint density at radius 1 is 0.946 bits per heavy atom. The molecule has 8 nitrogen and oxygen atoms in total. The van der Waals surface area contributed by atoms with Crippen molar-refractivity contribution in [1.29, 1.82) is 0 Å². The van der Waals surface area contributed by atoms with Gasteiger partial charge in [0.1, 0.15) is 22.9 Å². The Labute approximate surface area is 213 Å². The van der Waals surface area contributed by atoms with Crippen molar-refractivity contribution < 1.29 is 28.7 Å². The number of carbonyl (C=O) groups is 2. The highest BCUT2D eigenvalue weighted by Gasteiger charge is 2.47. The molecule has 0 saturated carbocycles. The Hall–Kier alpha value is -4.43. The lowest BCUT2D eigenvalue weighted by atomic mass is 9.78. The van der Waals surface area contributed by atoms with Gasteiger partial charge in [0.2, 0.25) is 0 Å². The molecule has 8 heteroatoms. The highest BCUT2D eigenvalue weighted by molar-refractivity contribution is 5.91. The topological polar surface area (TPSA) is 111 Å². The van der Waals surface area contributed by atoms with Crippen LogP contribution < -0.4 is 5.32 Å². The molecule has 5 rings (SSSR count). The standard InChI is InChI=1S/C29H26N2O6/c1-18-25(30-28(34)36-19(2)20-6-4-3-5-7-20)26(37-31-18)23-10-8-21(9-11-23)22-12-14-24(15-13-22)29(27(32)33)16-35-17-29/h3-15,19H,16-17H2,1-2H3,(H,30,34)(H,32,33)/t19-/m1/s1. The third-order valence-corrected chi connectivity index (χ3v) is 6.67. The van der Waals surface area contributed by atoms with Gasteiger partial charge in [-0.1, -0.05) is 84.0 Å². The maximum atomic E-state index is 12.6. The van der Waals surface area contributed by atoms with Crippen molar-refractivity contribution in [2.24, 2.45) is 0 Å². The normalized spacial score (nSPS) is 14.9. The third kappa shape index (κ3) is 4.71. The third-order valence-electron chi connectivity index (χ3n) is 6.67. The minimum atomic E-state index is -0.962. The number of amides is 1. The largest absolute Gasteiger partial charge is 0.480 e. The average molecular weight is 499 g/mol. The van der Waals surface area contributed by atoms with Gasteiger partial charge >= 0.3 is 12.1 Å². The zero-order valence-corrected chi connectivity index (χ0v) is 20.4. The minimum absolute atomic E-state index is 0.183. The van der Waals surface area contributed by atoms with E-state index in [9.17, 15) is 14.7 Å². The molecule has 0 bridgehead atoms. The predicted octanol–water partition coefficient (Wildman–Crippen LogP) is 5.98. The van der Waals surface area contributed by atoms with Crippen molar-refractivity contribution in [2.45, 2.75) is 25.4 Å². The number of rotatable bonds is 7. The van der Waals surface area contributed by atoms with Gasteiger partial charge in [-0.25, -0.2) is 4.79 Å². The lowest BCUT2D eigenvalue weighted by molar-refractivity contribution is -0.163. The number of benzene rings is 3. The summed E-state index contributed by atoms with van der Waals surface area (Å²) in [5.74, 6) is -0.446. The smallest absolute Gasteiger partial charge is 0.412 e. The molecular formula is C29H26N2O6. The molecule has 2 heterocycles. The molecule has 3 aromatic carbocycles. The second-order valence-corrected chi connectivity index (χ2v) is 9.09. The number of carbonyl (C=O) groups excluding carboxylic acids is 1. The molecule has 1 amide bonds. The average Bonchev–Trinajstić information content (AvgIpc) is 3.24. The maximum absolute atomic E-state index is 12.6. The van der Waals surface area contributed by atoms with Gasteiger partial charge in [-0.3, -0.25) is 10.1 Å². The molecule has 0 spiro atoms. The summed E-state index contributed by atoms with van der Waals surface area (Å²) in [6.45, 7) is 3.92. The summed E-state index contributed by atoms with van der Waals surface area (Å²) in [6, 6.07) is 24.6. The van der Waals surface area contributed by atoms with Gasteiger partial charge in [0, 0.05) is 5.56 Å². The number of aryl methyl sites for hydroxylation is 1. The SMILES string of the molecule is Cc1noc(-c2ccc(-c3ccc(C4(C(=O)O)COC4)cc3)cc2)c1NC(=O)O[C@H](C)c1ccccc1. The molecule has 1 fully saturated rings. The van der Waals surface area contributed by atoms with Crippen molar-refractivity contribution in [3.05, 3.63) is 95.7 Å². The number of ether oxygens (including phenoxy) is 2. The highest BCUT2D eigenvalue weighted by Crippen LogP contribution is 2.35. The van der Waals surface area contributed by atoms with Gasteiger partial charge in [0.25, 0.3) is 0 Å². The summed E-state index contributed by atoms with van der Waals surface area (Å²) in [7, 11) is 0. The van der Waals surface area contributed by atoms with Crippen LogP contribution in [-0.2, 0) is 19.7 Å². The van der Waals surface area contributed by atoms with Crippen LogP contribution in [0.2, 0.25) is 0 Å². The molecule has 2 N–H and O–H groups in total. The molecular weight excluding hydrogens is 472 g/mol. The first kappa shape index (κ1) is 24.3. The maximum Gasteiger partial charge on any atom is 0.412 e. The Morgan fingerprint density at radius 3 is 2.11 bits per heavy atom. The number of nitrogens with one attached hydrogen (secondary N) is 1. The summed E-state index contributed by atoms with van der Waals surface area (Å²) < 4.78 is 16.2. The van der Waals surface area contributed by atoms with Crippen molar-refractivity contribution in [1.82, 2.24) is 5.16 Å². The quantitative estimate of drug-likeness (QED) is 0.322. The zero-order valence-electron chi connectivity index (χ0n) is 20.4. The summed E-state index contributed by atoms with van der Waals surface area (Å²) in [4.78, 5) is 24.3. The van der Waals surface area contributed by atoms with Crippen LogP contribution in [0, 0.1) is 6.92 Å². The number of carboxylic acid groups (broad SMARTS) is 1. The second-order valence-electron chi connectivity index (χ2n) is 9.09. The summed E-state index contributed by atoms with van der Waals surface area (Å²) in [5, 5.41) is 16.4. The van der Waals surface area contributed by atoms with E-state index in [-0.39, 0.29) is 13.2 Å². The van der Waals surface area contributed by atoms with E-state index in [1.807, 2.05) is 85.8 Å². The van der Waals surface area contributed by atoms with Crippen LogP contribution in [0.25, 0.3) is 22.5 Å². The number of carboxylic acids is 1. The van der Waals surface area contributed by atoms with Gasteiger partial charge in [0.15, 0.2) is 5.76 Å². The molecule has 1 aromatic heterocycles. The fourth-order valence-electron chi connectivity index (χ4n) is 4.31. The van der Waals surface area contributed by atoms with Crippen molar-refractivity contribution in [2.75, 3.05) is 18.5 Å². The molecule has 0 aliphatic carbocycles. The number of nitrogens with zero attached hydrogens (tertiary/aromatic N) is 1. The lowest BCUT2D eigenvalue weighted by Gasteiger charge is -2.37. The molecule has 0 unspecified atom stereocenters. The van der Waals surface area contributed by atoms with Gasteiger partial charge in [-0.15, -0.1) is 0 Å². The Balaban J connectivity index is 1.30. The van der Waals surface area contributed by atoms with Crippen LogP contribution in [0.3, 0.4) is 0 Å². The molecule has 1 saturated heterocycles. The highest BCUT2D eigenvalue weighted by atomic mass is 16.6. The number of hydrogen-bond acceptors (Lipinski definition) is 6. The molecule has 4 aromatic rings. The first-order valence-corrected chi connectivity index (χ1v) is 11.9. The van der Waals surface area contributed by atoms with E-state index in [4.69, 9.17) is 14.0 Å². The first-order valence-electron chi connectivity index (χ1n) is 11.9. The van der Waals surface area contributed by atoms with E-state index in [2.05, 4.69) is 10.5 Å². The van der Waals surface area contributed by atoms with Gasteiger partial charge in [-0.05, 0) is 36.1 Å². The number of aliphatic carboxylic acids is 1. The van der Waals surface area contributed by atoms with Crippen LogP contribution in [0.15, 0.2) is 83.4 Å². The number of anilines is 1. The van der Waals surface area contributed by atoms with E-state index in [0.29, 0.717) is 17.1 Å². The van der Waals surface area contributed by atoms with E-state index in [0.717, 1.165) is 27.8 Å². The number of hydrogen-bond donors (Lipinski definition) is 2. The monoisotopic (exact) mass is 498 g/mol. The second kappa shape index (κ2) is 9.91. The Bertz CT molecular complexity index is 1410. The number of aromatic nitrogens is 1. The van der Waals surface area contributed by atoms with Crippen molar-refractivity contribution in [3.8, 4) is 22.5 Å². The Morgan fingerprint density at radius 2 is 1.54 bits per heavy atom. The van der Waals surface area contributed by atoms with Gasteiger partial charge in [-0.2, -0.15) is 0 Å².